The molecule has 7 heteroatoms. The lowest BCUT2D eigenvalue weighted by Crippen LogP contribution is -2.39. The van der Waals surface area contributed by atoms with Crippen LogP contribution in [0.1, 0.15) is 23.2 Å². The Labute approximate surface area is 150 Å². The van der Waals surface area contributed by atoms with E-state index in [1.165, 1.54) is 0 Å². The van der Waals surface area contributed by atoms with E-state index in [9.17, 15) is 9.18 Å². The number of nitrogens with zero attached hydrogens (tertiary/aromatic N) is 4. The Morgan fingerprint density at radius 3 is 2.69 bits per heavy atom. The van der Waals surface area contributed by atoms with Crippen molar-refractivity contribution in [1.29, 1.82) is 0 Å². The number of hydrogen-bond donors (Lipinski definition) is 0. The molecule has 4 heterocycles. The van der Waals surface area contributed by atoms with Gasteiger partial charge in [-0.25, -0.2) is 14.4 Å². The quantitative estimate of drug-likeness (QED) is 0.725. The van der Waals surface area contributed by atoms with Gasteiger partial charge in [0.1, 0.15) is 11.8 Å². The molecule has 6 nitrogen and oxygen atoms in total. The third kappa shape index (κ3) is 3.00. The first kappa shape index (κ1) is 16.5. The Bertz CT molecular complexity index is 930. The molecule has 0 unspecified atom stereocenters. The van der Waals surface area contributed by atoms with E-state index in [2.05, 4.69) is 9.97 Å². The molecule has 0 N–H and O–H groups in total. The lowest BCUT2D eigenvalue weighted by atomic mass is 10.1. The van der Waals surface area contributed by atoms with Crippen LogP contribution in [-0.4, -0.2) is 51.7 Å². The van der Waals surface area contributed by atoms with Crippen molar-refractivity contribution in [1.82, 2.24) is 19.4 Å². The van der Waals surface area contributed by atoms with Crippen molar-refractivity contribution < 1.29 is 13.9 Å². The number of halogens is 1. The van der Waals surface area contributed by atoms with E-state index in [0.717, 1.165) is 16.7 Å². The van der Waals surface area contributed by atoms with Crippen LogP contribution in [0, 0.1) is 0 Å². The highest BCUT2D eigenvalue weighted by molar-refractivity contribution is 5.97. The predicted octanol–water partition coefficient (Wildman–Crippen LogP) is 3.00. The normalized spacial score (nSPS) is 15.4. The van der Waals surface area contributed by atoms with E-state index < -0.39 is 6.17 Å². The Morgan fingerprint density at radius 2 is 2.00 bits per heavy atom. The van der Waals surface area contributed by atoms with Crippen LogP contribution >= 0.6 is 0 Å². The van der Waals surface area contributed by atoms with Crippen LogP contribution < -0.4 is 4.74 Å². The molecule has 0 aromatic carbocycles. The minimum atomic E-state index is -0.799. The van der Waals surface area contributed by atoms with Crippen LogP contribution in [0.4, 0.5) is 4.39 Å². The fraction of sp³-hybridized carbons (Fsp3) is 0.316. The third-order valence-electron chi connectivity index (χ3n) is 4.69. The van der Waals surface area contributed by atoms with Crippen LogP contribution in [0.25, 0.3) is 16.7 Å². The average molecular weight is 354 g/mol. The zero-order valence-electron chi connectivity index (χ0n) is 14.4. The maximum atomic E-state index is 13.3. The fourth-order valence-corrected chi connectivity index (χ4v) is 3.22. The molecule has 26 heavy (non-hydrogen) atoms. The van der Waals surface area contributed by atoms with Crippen LogP contribution in [0.3, 0.4) is 0 Å². The molecule has 0 aliphatic carbocycles. The molecule has 134 valence electrons. The van der Waals surface area contributed by atoms with Crippen LogP contribution in [0.15, 0.2) is 42.9 Å². The minimum absolute atomic E-state index is 0.0924. The van der Waals surface area contributed by atoms with E-state index in [1.54, 1.807) is 30.5 Å². The average Bonchev–Trinajstić information content (AvgIpc) is 3.11. The molecule has 1 saturated heterocycles. The molecule has 3 aromatic rings. The van der Waals surface area contributed by atoms with Gasteiger partial charge in [0.05, 0.1) is 24.6 Å². The standard InChI is InChI=1S/C19H19FN4O2/c1-26-17-3-2-16(12-21-17)24-9-4-13-10-14(11-22-18(13)24)19(25)23-7-5-15(20)6-8-23/h2-4,9-12,15H,5-8H2,1H3. The highest BCUT2D eigenvalue weighted by Gasteiger charge is 2.23. The lowest BCUT2D eigenvalue weighted by molar-refractivity contribution is 0.0667. The van der Waals surface area contributed by atoms with E-state index in [1.807, 2.05) is 29.0 Å². The van der Waals surface area contributed by atoms with Gasteiger partial charge in [-0.05, 0) is 31.0 Å². The van der Waals surface area contributed by atoms with Gasteiger partial charge < -0.3 is 9.64 Å². The second-order valence-corrected chi connectivity index (χ2v) is 6.35. The number of methoxy groups -OCH3 is 1. The predicted molar refractivity (Wildman–Crippen MR) is 95.5 cm³/mol. The van der Waals surface area contributed by atoms with Crippen molar-refractivity contribution in [2.75, 3.05) is 20.2 Å². The summed E-state index contributed by atoms with van der Waals surface area (Å²) >= 11 is 0. The van der Waals surface area contributed by atoms with E-state index in [-0.39, 0.29) is 5.91 Å². The topological polar surface area (TPSA) is 60.2 Å². The highest BCUT2D eigenvalue weighted by atomic mass is 19.1. The molecule has 3 aromatic heterocycles. The molecule has 1 amide bonds. The zero-order valence-corrected chi connectivity index (χ0v) is 14.4. The summed E-state index contributed by atoms with van der Waals surface area (Å²) in [4.78, 5) is 23.0. The Kier molecular flexibility index (Phi) is 4.28. The number of pyridine rings is 2. The van der Waals surface area contributed by atoms with Gasteiger partial charge in [0.2, 0.25) is 5.88 Å². The zero-order chi connectivity index (χ0) is 18.1. The third-order valence-corrected chi connectivity index (χ3v) is 4.69. The maximum absolute atomic E-state index is 13.3. The number of ether oxygens (including phenoxy) is 1. The Hall–Kier alpha value is -2.96. The van der Waals surface area contributed by atoms with Crippen molar-refractivity contribution >= 4 is 16.9 Å². The van der Waals surface area contributed by atoms with E-state index >= 15 is 0 Å². The molecule has 1 fully saturated rings. The lowest BCUT2D eigenvalue weighted by Gasteiger charge is -2.28. The van der Waals surface area contributed by atoms with Gasteiger partial charge in [0.15, 0.2) is 0 Å². The van der Waals surface area contributed by atoms with Gasteiger partial charge in [-0.3, -0.25) is 9.36 Å². The van der Waals surface area contributed by atoms with Crippen molar-refractivity contribution in [3.63, 3.8) is 0 Å². The maximum Gasteiger partial charge on any atom is 0.255 e. The molecular weight excluding hydrogens is 335 g/mol. The number of piperidine rings is 1. The van der Waals surface area contributed by atoms with E-state index in [4.69, 9.17) is 4.74 Å². The summed E-state index contributed by atoms with van der Waals surface area (Å²) < 4.78 is 20.3. The first-order chi connectivity index (χ1) is 12.7. The minimum Gasteiger partial charge on any atom is -0.481 e. The van der Waals surface area contributed by atoms with Crippen molar-refractivity contribution in [2.45, 2.75) is 19.0 Å². The number of fused-ring (bicyclic) bond motifs is 1. The Balaban J connectivity index is 1.61. The number of rotatable bonds is 3. The second kappa shape index (κ2) is 6.74. The molecule has 0 bridgehead atoms. The number of likely N-dealkylation sites (tertiary alicyclic amines) is 1. The SMILES string of the molecule is COc1ccc(-n2ccc3cc(C(=O)N4CCC(F)CC4)cnc32)cn1. The van der Waals surface area contributed by atoms with Gasteiger partial charge in [0.25, 0.3) is 5.91 Å². The second-order valence-electron chi connectivity index (χ2n) is 6.35. The van der Waals surface area contributed by atoms with Crippen LogP contribution in [0.2, 0.25) is 0 Å². The fourth-order valence-electron chi connectivity index (χ4n) is 3.22. The smallest absolute Gasteiger partial charge is 0.255 e. The number of amides is 1. The van der Waals surface area contributed by atoms with Gasteiger partial charge in [-0.2, -0.15) is 0 Å². The highest BCUT2D eigenvalue weighted by Crippen LogP contribution is 2.22. The summed E-state index contributed by atoms with van der Waals surface area (Å²) in [5.74, 6) is 0.452. The molecule has 0 saturated carbocycles. The molecule has 0 spiro atoms. The van der Waals surface area contributed by atoms with Gasteiger partial charge in [-0.1, -0.05) is 0 Å². The van der Waals surface area contributed by atoms with Crippen molar-refractivity contribution in [3.05, 3.63) is 48.4 Å². The first-order valence-electron chi connectivity index (χ1n) is 8.56. The molecule has 1 aliphatic rings. The Morgan fingerprint density at radius 1 is 1.19 bits per heavy atom. The van der Waals surface area contributed by atoms with Crippen molar-refractivity contribution in [2.24, 2.45) is 0 Å². The van der Waals surface area contributed by atoms with E-state index in [0.29, 0.717) is 37.4 Å². The number of aromatic nitrogens is 3. The molecule has 4 rings (SSSR count). The summed E-state index contributed by atoms with van der Waals surface area (Å²) in [7, 11) is 1.57. The summed E-state index contributed by atoms with van der Waals surface area (Å²) in [6.07, 6.45) is 5.20. The summed E-state index contributed by atoms with van der Waals surface area (Å²) in [6, 6.07) is 7.43. The largest absolute Gasteiger partial charge is 0.481 e. The molecule has 0 radical (unpaired) electrons. The first-order valence-corrected chi connectivity index (χ1v) is 8.56. The summed E-state index contributed by atoms with van der Waals surface area (Å²) in [6.45, 7) is 0.910. The van der Waals surface area contributed by atoms with Gasteiger partial charge >= 0.3 is 0 Å². The van der Waals surface area contributed by atoms with Gasteiger partial charge in [0, 0.05) is 36.9 Å². The number of hydrogen-bond acceptors (Lipinski definition) is 4. The molecule has 1 aliphatic heterocycles. The number of alkyl halides is 1. The summed E-state index contributed by atoms with van der Waals surface area (Å²) in [5.41, 5.74) is 2.13. The molecular formula is C19H19FN4O2. The number of carbonyl (C=O) groups excluding carboxylic acids is 1. The van der Waals surface area contributed by atoms with Gasteiger partial charge in [-0.15, -0.1) is 0 Å². The summed E-state index contributed by atoms with van der Waals surface area (Å²) in [5, 5.41) is 0.868. The molecule has 0 atom stereocenters. The monoisotopic (exact) mass is 354 g/mol. The van der Waals surface area contributed by atoms with Crippen LogP contribution in [-0.2, 0) is 0 Å². The van der Waals surface area contributed by atoms with Crippen LogP contribution in [0.5, 0.6) is 5.88 Å². The number of carbonyl (C=O) groups is 1. The van der Waals surface area contributed by atoms with Crippen molar-refractivity contribution in [3.8, 4) is 11.6 Å².